The van der Waals surface area contributed by atoms with Crippen molar-refractivity contribution >= 4 is 24.6 Å². The standard InChI is InChI=1S/C5H10.C3H9NS.CH4S/c1-5-3-2-4-5;1-3-4-5-2;1-2/h5H,2-4H2,1H3;4H,3H2,1-2H3;2H,1H3. The molecule has 0 heterocycles. The number of thiol groups is 1. The fourth-order valence-corrected chi connectivity index (χ4v) is 1.05. The molecule has 1 saturated carbocycles. The lowest BCUT2D eigenvalue weighted by molar-refractivity contribution is 0.346. The monoisotopic (exact) mass is 209 g/mol. The molecule has 3 heteroatoms. The molecule has 0 aromatic heterocycles. The summed E-state index contributed by atoms with van der Waals surface area (Å²) in [6.45, 7) is 5.45. The smallest absolute Gasteiger partial charge is 0.00299 e. The van der Waals surface area contributed by atoms with Crippen LogP contribution in [0.4, 0.5) is 0 Å². The van der Waals surface area contributed by atoms with Gasteiger partial charge in [0.2, 0.25) is 0 Å². The van der Waals surface area contributed by atoms with Crippen LogP contribution in [0.5, 0.6) is 0 Å². The zero-order valence-corrected chi connectivity index (χ0v) is 10.5. The van der Waals surface area contributed by atoms with Gasteiger partial charge in [-0.05, 0) is 18.4 Å². The molecule has 0 aromatic rings. The summed E-state index contributed by atoms with van der Waals surface area (Å²) in [4.78, 5) is 0. The molecule has 1 nitrogen and oxygen atoms in total. The van der Waals surface area contributed by atoms with Crippen LogP contribution in [0.2, 0.25) is 0 Å². The van der Waals surface area contributed by atoms with Crippen LogP contribution in [0, 0.1) is 5.92 Å². The van der Waals surface area contributed by atoms with Crippen LogP contribution in [0.25, 0.3) is 0 Å². The van der Waals surface area contributed by atoms with Crippen molar-refractivity contribution in [2.75, 3.05) is 19.1 Å². The van der Waals surface area contributed by atoms with Gasteiger partial charge in [0, 0.05) is 6.54 Å². The van der Waals surface area contributed by atoms with Crippen molar-refractivity contribution in [2.24, 2.45) is 5.92 Å². The Labute approximate surface area is 87.6 Å². The fourth-order valence-electron chi connectivity index (χ4n) is 0.757. The van der Waals surface area contributed by atoms with Gasteiger partial charge in [-0.1, -0.05) is 45.1 Å². The van der Waals surface area contributed by atoms with E-state index in [2.05, 4.69) is 31.2 Å². The van der Waals surface area contributed by atoms with Gasteiger partial charge < -0.3 is 0 Å². The zero-order valence-electron chi connectivity index (χ0n) is 8.76. The summed E-state index contributed by atoms with van der Waals surface area (Å²) in [6, 6.07) is 0. The first kappa shape index (κ1) is 15.1. The van der Waals surface area contributed by atoms with Gasteiger partial charge in [-0.15, -0.1) is 0 Å². The van der Waals surface area contributed by atoms with Gasteiger partial charge in [-0.3, -0.25) is 4.72 Å². The van der Waals surface area contributed by atoms with Crippen molar-refractivity contribution in [3.63, 3.8) is 0 Å². The zero-order chi connectivity index (χ0) is 9.82. The number of nitrogens with one attached hydrogen (secondary N) is 1. The lowest BCUT2D eigenvalue weighted by atomic mass is 9.88. The highest BCUT2D eigenvalue weighted by atomic mass is 32.2. The first-order chi connectivity index (χ1) is 5.81. The summed E-state index contributed by atoms with van der Waals surface area (Å²) >= 11 is 5.18. The molecule has 1 aliphatic rings. The van der Waals surface area contributed by atoms with Crippen LogP contribution in [-0.2, 0) is 0 Å². The van der Waals surface area contributed by atoms with Crippen molar-refractivity contribution in [3.05, 3.63) is 0 Å². The number of rotatable bonds is 2. The number of hydrogen-bond acceptors (Lipinski definition) is 3. The molecule has 0 bridgehead atoms. The van der Waals surface area contributed by atoms with Gasteiger partial charge in [-0.2, -0.15) is 12.6 Å². The maximum Gasteiger partial charge on any atom is 0.00299 e. The second-order valence-electron chi connectivity index (χ2n) is 2.74. The Kier molecular flexibility index (Phi) is 17.9. The molecule has 1 N–H and O–H groups in total. The molecule has 0 aromatic carbocycles. The molecule has 1 fully saturated rings. The van der Waals surface area contributed by atoms with E-state index in [4.69, 9.17) is 0 Å². The van der Waals surface area contributed by atoms with Gasteiger partial charge in [0.15, 0.2) is 0 Å². The SMILES string of the molecule is CC1CCC1.CCNSC.CS. The largest absolute Gasteiger partial charge is 0.265 e. The molecule has 0 spiro atoms. The Morgan fingerprint density at radius 3 is 1.83 bits per heavy atom. The number of hydrogen-bond donors (Lipinski definition) is 2. The molecule has 0 atom stereocenters. The molecular formula is C9H23NS2. The molecule has 1 aliphatic carbocycles. The van der Waals surface area contributed by atoms with Crippen LogP contribution in [0.15, 0.2) is 0 Å². The minimum atomic E-state index is 1.06. The topological polar surface area (TPSA) is 12.0 Å². The predicted molar refractivity (Wildman–Crippen MR) is 65.1 cm³/mol. The molecule has 0 radical (unpaired) electrons. The van der Waals surface area contributed by atoms with Gasteiger partial charge in [0.25, 0.3) is 0 Å². The third-order valence-corrected chi connectivity index (χ3v) is 2.26. The summed E-state index contributed by atoms with van der Waals surface area (Å²) in [5.74, 6) is 1.06. The molecule has 0 aliphatic heterocycles. The molecule has 12 heavy (non-hydrogen) atoms. The van der Waals surface area contributed by atoms with Gasteiger partial charge in [0.1, 0.15) is 0 Å². The van der Waals surface area contributed by atoms with Crippen molar-refractivity contribution in [1.82, 2.24) is 4.72 Å². The molecule has 0 saturated heterocycles. The Morgan fingerprint density at radius 1 is 1.42 bits per heavy atom. The maximum absolute atomic E-state index is 3.53. The maximum atomic E-state index is 3.53. The van der Waals surface area contributed by atoms with E-state index in [9.17, 15) is 0 Å². The fraction of sp³-hybridized carbons (Fsp3) is 1.00. The minimum Gasteiger partial charge on any atom is -0.265 e. The Morgan fingerprint density at radius 2 is 1.83 bits per heavy atom. The average molecular weight is 209 g/mol. The van der Waals surface area contributed by atoms with Crippen LogP contribution >= 0.6 is 24.6 Å². The first-order valence-electron chi connectivity index (χ1n) is 4.51. The van der Waals surface area contributed by atoms with Gasteiger partial charge in [0.05, 0.1) is 0 Å². The molecule has 0 unspecified atom stereocenters. The van der Waals surface area contributed by atoms with Crippen LogP contribution < -0.4 is 4.72 Å². The van der Waals surface area contributed by atoms with Crippen molar-refractivity contribution in [3.8, 4) is 0 Å². The van der Waals surface area contributed by atoms with E-state index in [1.54, 1.807) is 18.2 Å². The van der Waals surface area contributed by atoms with Crippen LogP contribution in [0.1, 0.15) is 33.1 Å². The summed E-state index contributed by atoms with van der Waals surface area (Å²) in [5.41, 5.74) is 0. The Balaban J connectivity index is 0. The second-order valence-corrected chi connectivity index (χ2v) is 3.44. The highest BCUT2D eigenvalue weighted by Gasteiger charge is 2.09. The molecule has 0 amide bonds. The van der Waals surface area contributed by atoms with E-state index in [1.807, 2.05) is 6.26 Å². The summed E-state index contributed by atoms with van der Waals surface area (Å²) in [6.07, 6.45) is 8.17. The van der Waals surface area contributed by atoms with Crippen molar-refractivity contribution in [1.29, 1.82) is 0 Å². The first-order valence-corrected chi connectivity index (χ1v) is 6.63. The molecule has 1 rings (SSSR count). The third kappa shape index (κ3) is 13.3. The summed E-state index contributed by atoms with van der Waals surface area (Å²) in [5, 5.41) is 0. The van der Waals surface area contributed by atoms with E-state index in [0.29, 0.717) is 0 Å². The van der Waals surface area contributed by atoms with E-state index >= 15 is 0 Å². The summed E-state index contributed by atoms with van der Waals surface area (Å²) < 4.78 is 3.03. The quantitative estimate of drug-likeness (QED) is 0.535. The normalized spacial score (nSPS) is 14.8. The van der Waals surface area contributed by atoms with Gasteiger partial charge in [-0.25, -0.2) is 0 Å². The van der Waals surface area contributed by atoms with Crippen LogP contribution in [-0.4, -0.2) is 19.1 Å². The van der Waals surface area contributed by atoms with Crippen molar-refractivity contribution in [2.45, 2.75) is 33.1 Å². The lowest BCUT2D eigenvalue weighted by Gasteiger charge is -2.18. The Hall–Kier alpha value is 0.660. The van der Waals surface area contributed by atoms with E-state index in [1.165, 1.54) is 19.3 Å². The minimum absolute atomic E-state index is 1.06. The highest BCUT2D eigenvalue weighted by molar-refractivity contribution is 7.96. The Bertz CT molecular complexity index is 63.5. The predicted octanol–water partition coefficient (Wildman–Crippen LogP) is 3.23. The lowest BCUT2D eigenvalue weighted by Crippen LogP contribution is -2.04. The second kappa shape index (κ2) is 14.2. The van der Waals surface area contributed by atoms with E-state index in [-0.39, 0.29) is 0 Å². The van der Waals surface area contributed by atoms with Gasteiger partial charge >= 0.3 is 0 Å². The average Bonchev–Trinajstić information content (AvgIpc) is 2.07. The summed E-state index contributed by atoms with van der Waals surface area (Å²) in [7, 11) is 0. The van der Waals surface area contributed by atoms with Crippen molar-refractivity contribution < 1.29 is 0 Å². The van der Waals surface area contributed by atoms with E-state index in [0.717, 1.165) is 12.5 Å². The molecular weight excluding hydrogens is 186 g/mol. The molecule has 76 valence electrons. The third-order valence-electron chi connectivity index (χ3n) is 1.68. The van der Waals surface area contributed by atoms with Crippen LogP contribution in [0.3, 0.4) is 0 Å². The highest BCUT2D eigenvalue weighted by Crippen LogP contribution is 2.24. The van der Waals surface area contributed by atoms with E-state index < -0.39 is 0 Å².